The van der Waals surface area contributed by atoms with Gasteiger partial charge in [-0.1, -0.05) is 0 Å². The number of rotatable bonds is 5. The molecule has 80 valence electrons. The summed E-state index contributed by atoms with van der Waals surface area (Å²) >= 11 is 0. The first kappa shape index (κ1) is 12.4. The molecule has 0 aromatic heterocycles. The predicted molar refractivity (Wildman–Crippen MR) is 44.2 cm³/mol. The van der Waals surface area contributed by atoms with E-state index in [1.807, 2.05) is 0 Å². The largest absolute Gasteiger partial charge is 0.466 e. The minimum absolute atomic E-state index is 0.138. The molecule has 0 atom stereocenters. The average molecular weight is 204 g/mol. The van der Waals surface area contributed by atoms with Crippen LogP contribution in [0.5, 0.6) is 0 Å². The van der Waals surface area contributed by atoms with Crippen LogP contribution in [0, 0.1) is 0 Å². The molecule has 0 saturated carbocycles. The van der Waals surface area contributed by atoms with Gasteiger partial charge >= 0.3 is 11.9 Å². The number of methoxy groups -OCH3 is 1. The zero-order chi connectivity index (χ0) is 11.2. The minimum atomic E-state index is -1.39. The highest BCUT2D eigenvalue weighted by molar-refractivity contribution is 5.82. The number of hydrogen-bond donors (Lipinski definition) is 0. The van der Waals surface area contributed by atoms with E-state index in [4.69, 9.17) is 0 Å². The van der Waals surface area contributed by atoms with Crippen LogP contribution in [0.1, 0.15) is 13.8 Å². The van der Waals surface area contributed by atoms with Crippen molar-refractivity contribution >= 4 is 18.4 Å². The molecule has 0 saturated heterocycles. The molecule has 0 heterocycles. The molecule has 0 N–H and O–H groups in total. The summed E-state index contributed by atoms with van der Waals surface area (Å²) in [5, 5.41) is 0. The molecule has 0 aromatic carbocycles. The van der Waals surface area contributed by atoms with E-state index in [0.29, 0.717) is 0 Å². The lowest BCUT2D eigenvalue weighted by molar-refractivity contribution is -0.175. The average Bonchev–Trinajstić information content (AvgIpc) is 2.13. The van der Waals surface area contributed by atoms with Crippen molar-refractivity contribution in [3.8, 4) is 0 Å². The van der Waals surface area contributed by atoms with E-state index in [2.05, 4.69) is 14.2 Å². The normalized spacial score (nSPS) is 10.2. The summed E-state index contributed by atoms with van der Waals surface area (Å²) in [6.45, 7) is 2.34. The molecule has 6 nitrogen and oxygen atoms in total. The minimum Gasteiger partial charge on any atom is -0.466 e. The molecule has 0 bridgehead atoms. The molecule has 0 aliphatic heterocycles. The predicted octanol–water partition coefficient (Wildman–Crippen LogP) is -0.346. The van der Waals surface area contributed by atoms with E-state index in [-0.39, 0.29) is 6.47 Å². The van der Waals surface area contributed by atoms with Gasteiger partial charge in [0.15, 0.2) is 6.61 Å². The van der Waals surface area contributed by atoms with Crippen LogP contribution in [0.2, 0.25) is 0 Å². The molecule has 0 rings (SSSR count). The quantitative estimate of drug-likeness (QED) is 0.346. The van der Waals surface area contributed by atoms with Crippen LogP contribution in [0.15, 0.2) is 0 Å². The first-order chi connectivity index (χ1) is 6.44. The third kappa shape index (κ3) is 3.88. The lowest BCUT2D eigenvalue weighted by Crippen LogP contribution is -2.37. The Morgan fingerprint density at radius 2 is 1.93 bits per heavy atom. The van der Waals surface area contributed by atoms with Crippen LogP contribution in [0.4, 0.5) is 0 Å². The van der Waals surface area contributed by atoms with Crippen LogP contribution in [0.3, 0.4) is 0 Å². The summed E-state index contributed by atoms with van der Waals surface area (Å²) in [6, 6.07) is 0. The van der Waals surface area contributed by atoms with E-state index in [9.17, 15) is 14.4 Å². The Morgan fingerprint density at radius 3 is 2.36 bits per heavy atom. The van der Waals surface area contributed by atoms with Gasteiger partial charge in [0.05, 0.1) is 7.11 Å². The molecule has 0 unspecified atom stereocenters. The van der Waals surface area contributed by atoms with Crippen molar-refractivity contribution in [1.29, 1.82) is 0 Å². The summed E-state index contributed by atoms with van der Waals surface area (Å²) in [4.78, 5) is 31.8. The first-order valence-corrected chi connectivity index (χ1v) is 3.79. The fraction of sp³-hybridized carbons (Fsp3) is 0.625. The Bertz CT molecular complexity index is 232. The van der Waals surface area contributed by atoms with Gasteiger partial charge in [0.1, 0.15) is 0 Å². The molecule has 0 amide bonds. The van der Waals surface area contributed by atoms with Gasteiger partial charge in [-0.05, 0) is 13.8 Å². The van der Waals surface area contributed by atoms with Gasteiger partial charge in [0.2, 0.25) is 5.60 Å². The van der Waals surface area contributed by atoms with Crippen LogP contribution in [-0.2, 0) is 28.6 Å². The summed E-state index contributed by atoms with van der Waals surface area (Å²) < 4.78 is 13.2. The standard InChI is InChI=1S/C8H12O6/c1-8(2,14-5-9)7(11)13-4-6(10)12-3/h5H,4H2,1-3H3. The second kappa shape index (κ2) is 5.21. The van der Waals surface area contributed by atoms with Gasteiger partial charge in [0, 0.05) is 0 Å². The lowest BCUT2D eigenvalue weighted by Gasteiger charge is -2.19. The molecule has 0 radical (unpaired) electrons. The Morgan fingerprint density at radius 1 is 1.36 bits per heavy atom. The summed E-state index contributed by atoms with van der Waals surface area (Å²) in [7, 11) is 1.17. The number of esters is 2. The molecule has 14 heavy (non-hydrogen) atoms. The number of carbonyl (C=O) groups is 3. The van der Waals surface area contributed by atoms with Gasteiger partial charge in [-0.15, -0.1) is 0 Å². The Hall–Kier alpha value is -1.59. The zero-order valence-electron chi connectivity index (χ0n) is 8.23. The van der Waals surface area contributed by atoms with Crippen LogP contribution in [-0.4, -0.2) is 37.7 Å². The van der Waals surface area contributed by atoms with Crippen molar-refractivity contribution in [3.05, 3.63) is 0 Å². The van der Waals surface area contributed by atoms with Gasteiger partial charge in [-0.2, -0.15) is 0 Å². The highest BCUT2D eigenvalue weighted by atomic mass is 16.6. The molecule has 0 spiro atoms. The molecule has 6 heteroatoms. The first-order valence-electron chi connectivity index (χ1n) is 3.79. The molecule has 0 aliphatic rings. The maximum Gasteiger partial charge on any atom is 0.350 e. The topological polar surface area (TPSA) is 78.9 Å². The molecular weight excluding hydrogens is 192 g/mol. The van der Waals surface area contributed by atoms with E-state index >= 15 is 0 Å². The van der Waals surface area contributed by atoms with Gasteiger partial charge < -0.3 is 14.2 Å². The van der Waals surface area contributed by atoms with E-state index in [0.717, 1.165) is 0 Å². The zero-order valence-corrected chi connectivity index (χ0v) is 8.23. The number of hydrogen-bond acceptors (Lipinski definition) is 6. The fourth-order valence-corrected chi connectivity index (χ4v) is 0.526. The summed E-state index contributed by atoms with van der Waals surface area (Å²) in [5.41, 5.74) is -1.39. The SMILES string of the molecule is COC(=O)COC(=O)C(C)(C)OC=O. The maximum absolute atomic E-state index is 11.2. The van der Waals surface area contributed by atoms with E-state index in [1.165, 1.54) is 21.0 Å². The van der Waals surface area contributed by atoms with Crippen molar-refractivity contribution in [3.63, 3.8) is 0 Å². The molecule has 0 fully saturated rings. The monoisotopic (exact) mass is 204 g/mol. The highest BCUT2D eigenvalue weighted by Gasteiger charge is 2.31. The number of ether oxygens (including phenoxy) is 3. The van der Waals surface area contributed by atoms with Gasteiger partial charge in [0.25, 0.3) is 6.47 Å². The van der Waals surface area contributed by atoms with Crippen LogP contribution < -0.4 is 0 Å². The fourth-order valence-electron chi connectivity index (χ4n) is 0.526. The van der Waals surface area contributed by atoms with E-state index < -0.39 is 24.1 Å². The van der Waals surface area contributed by atoms with Crippen molar-refractivity contribution in [2.24, 2.45) is 0 Å². The molecule has 0 aromatic rings. The van der Waals surface area contributed by atoms with Gasteiger partial charge in [-0.3, -0.25) is 4.79 Å². The smallest absolute Gasteiger partial charge is 0.350 e. The Labute approximate surface area is 81.1 Å². The maximum atomic E-state index is 11.2. The number of carbonyl (C=O) groups excluding carboxylic acids is 3. The molecule has 0 aliphatic carbocycles. The lowest BCUT2D eigenvalue weighted by atomic mass is 10.1. The van der Waals surface area contributed by atoms with Gasteiger partial charge in [-0.25, -0.2) is 9.59 Å². The highest BCUT2D eigenvalue weighted by Crippen LogP contribution is 2.09. The third-order valence-corrected chi connectivity index (χ3v) is 1.38. The van der Waals surface area contributed by atoms with Crippen molar-refractivity contribution < 1.29 is 28.6 Å². The third-order valence-electron chi connectivity index (χ3n) is 1.38. The van der Waals surface area contributed by atoms with Crippen molar-refractivity contribution in [1.82, 2.24) is 0 Å². The molecular formula is C8H12O6. The van der Waals surface area contributed by atoms with Crippen LogP contribution >= 0.6 is 0 Å². The van der Waals surface area contributed by atoms with Crippen LogP contribution in [0.25, 0.3) is 0 Å². The second-order valence-electron chi connectivity index (χ2n) is 2.88. The summed E-state index contributed by atoms with van der Waals surface area (Å²) in [5.74, 6) is -1.49. The second-order valence-corrected chi connectivity index (χ2v) is 2.88. The van der Waals surface area contributed by atoms with Crippen molar-refractivity contribution in [2.75, 3.05) is 13.7 Å². The summed E-state index contributed by atoms with van der Waals surface area (Å²) in [6.07, 6.45) is 0. The Kier molecular flexibility index (Phi) is 4.62. The van der Waals surface area contributed by atoms with E-state index in [1.54, 1.807) is 0 Å². The van der Waals surface area contributed by atoms with Crippen molar-refractivity contribution in [2.45, 2.75) is 19.4 Å². The Balaban J connectivity index is 4.07.